The van der Waals surface area contributed by atoms with Crippen molar-refractivity contribution in [2.75, 3.05) is 0 Å². The van der Waals surface area contributed by atoms with Gasteiger partial charge in [-0.3, -0.25) is 0 Å². The van der Waals surface area contributed by atoms with E-state index in [4.69, 9.17) is 4.42 Å². The Morgan fingerprint density at radius 1 is 0.312 bits per heavy atom. The predicted octanol–water partition coefficient (Wildman–Crippen LogP) is 17.8. The van der Waals surface area contributed by atoms with Crippen LogP contribution in [0.4, 0.5) is 0 Å². The second-order valence-corrected chi connectivity index (χ2v) is 18.3. The lowest BCUT2D eigenvalue weighted by molar-refractivity contribution is 0.666. The van der Waals surface area contributed by atoms with E-state index in [0.29, 0.717) is 0 Å². The summed E-state index contributed by atoms with van der Waals surface area (Å²) in [7, 11) is 0. The van der Waals surface area contributed by atoms with Gasteiger partial charge in [0.1, 0.15) is 11.2 Å². The lowest BCUT2D eigenvalue weighted by Crippen LogP contribution is -2.15. The minimum atomic E-state index is -0.0870. The molecule has 0 unspecified atom stereocenters. The molecular formula is C63H40O. The van der Waals surface area contributed by atoms with Crippen LogP contribution in [0.1, 0.15) is 25.0 Å². The number of furan rings is 1. The highest BCUT2D eigenvalue weighted by atomic mass is 16.3. The van der Waals surface area contributed by atoms with Gasteiger partial charge in [0.05, 0.1) is 0 Å². The molecule has 1 heteroatoms. The minimum Gasteiger partial charge on any atom is -0.456 e. The van der Waals surface area contributed by atoms with Gasteiger partial charge in [0, 0.05) is 16.2 Å². The fraction of sp³-hybridized carbons (Fsp3) is 0.0476. The molecule has 0 fully saturated rings. The zero-order valence-corrected chi connectivity index (χ0v) is 35.5. The zero-order chi connectivity index (χ0) is 42.3. The highest BCUT2D eigenvalue weighted by Gasteiger charge is 2.37. The molecule has 0 amide bonds. The van der Waals surface area contributed by atoms with Gasteiger partial charge >= 0.3 is 0 Å². The molecule has 1 nitrogen and oxygen atoms in total. The molecule has 0 spiro atoms. The third kappa shape index (κ3) is 4.90. The van der Waals surface area contributed by atoms with Gasteiger partial charge in [-0.1, -0.05) is 184 Å². The van der Waals surface area contributed by atoms with E-state index >= 15 is 0 Å². The van der Waals surface area contributed by atoms with E-state index in [9.17, 15) is 0 Å². The number of benzene rings is 12. The molecule has 14 rings (SSSR count). The molecule has 1 heterocycles. The monoisotopic (exact) mass is 812 g/mol. The van der Waals surface area contributed by atoms with E-state index in [1.165, 1.54) is 120 Å². The highest BCUT2D eigenvalue weighted by molar-refractivity contribution is 6.28. The number of hydrogen-bond donors (Lipinski definition) is 0. The van der Waals surface area contributed by atoms with Crippen LogP contribution in [0.15, 0.2) is 211 Å². The van der Waals surface area contributed by atoms with Crippen LogP contribution in [0.2, 0.25) is 0 Å². The van der Waals surface area contributed by atoms with E-state index in [2.05, 4.69) is 220 Å². The SMILES string of the molecule is CC1(C)c2ccc(-c3ccc4oc5ccc(-c6c7ccccc7c(-c7cc8ccc9ccccc9c8c8ccccc78)c7ccccc67)cc5c4c3)cc2-c2ccc3ccccc3c21. The molecular weight excluding hydrogens is 773 g/mol. The summed E-state index contributed by atoms with van der Waals surface area (Å²) >= 11 is 0. The first-order valence-corrected chi connectivity index (χ1v) is 22.4. The summed E-state index contributed by atoms with van der Waals surface area (Å²) in [5.74, 6) is 0. The van der Waals surface area contributed by atoms with E-state index in [-0.39, 0.29) is 5.41 Å². The number of hydrogen-bond acceptors (Lipinski definition) is 1. The first-order valence-electron chi connectivity index (χ1n) is 22.4. The Hall–Kier alpha value is -8.00. The van der Waals surface area contributed by atoms with Crippen LogP contribution in [-0.4, -0.2) is 0 Å². The van der Waals surface area contributed by atoms with Gasteiger partial charge in [-0.2, -0.15) is 0 Å². The standard InChI is InChI=1S/C63H40O/c1-63(2)56-30-26-39(33-52(56)51-29-25-38-14-4-6-16-44(38)62(51)63)40-27-31-57-53(34-40)54-35-42(28-32-58(54)64-57)60-47-19-9-11-21-49(47)61(50-22-12-10-20-48(50)60)55-36-41-24-23-37-13-3-5-15-43(37)59(41)46-18-8-7-17-45(46)55/h3-36H,1-2H3. The summed E-state index contributed by atoms with van der Waals surface area (Å²) in [4.78, 5) is 0. The van der Waals surface area contributed by atoms with Crippen molar-refractivity contribution in [3.05, 3.63) is 217 Å². The van der Waals surface area contributed by atoms with Crippen molar-refractivity contribution in [2.45, 2.75) is 19.3 Å². The molecule has 13 aromatic rings. The van der Waals surface area contributed by atoms with Crippen LogP contribution in [0.25, 0.3) is 131 Å². The summed E-state index contributed by atoms with van der Waals surface area (Å²) in [6, 6.07) is 76.7. The maximum absolute atomic E-state index is 6.58. The van der Waals surface area contributed by atoms with Gasteiger partial charge in [0.15, 0.2) is 0 Å². The van der Waals surface area contributed by atoms with Crippen LogP contribution in [-0.2, 0) is 5.41 Å². The number of fused-ring (bicyclic) bond motifs is 15. The minimum absolute atomic E-state index is 0.0870. The average Bonchev–Trinajstić information content (AvgIpc) is 3.83. The fourth-order valence-corrected chi connectivity index (χ4v) is 11.7. The van der Waals surface area contributed by atoms with Crippen molar-refractivity contribution >= 4 is 86.6 Å². The zero-order valence-electron chi connectivity index (χ0n) is 35.5. The van der Waals surface area contributed by atoms with Crippen molar-refractivity contribution in [1.29, 1.82) is 0 Å². The smallest absolute Gasteiger partial charge is 0.135 e. The molecule has 12 aromatic carbocycles. The van der Waals surface area contributed by atoms with Crippen LogP contribution in [0, 0.1) is 0 Å². The van der Waals surface area contributed by atoms with Gasteiger partial charge in [0.25, 0.3) is 0 Å². The lowest BCUT2D eigenvalue weighted by atomic mass is 9.80. The molecule has 1 aliphatic rings. The first-order chi connectivity index (χ1) is 31.5. The maximum atomic E-state index is 6.58. The van der Waals surface area contributed by atoms with Crippen LogP contribution >= 0.6 is 0 Å². The van der Waals surface area contributed by atoms with Crippen molar-refractivity contribution in [2.24, 2.45) is 0 Å². The molecule has 0 bridgehead atoms. The summed E-state index contributed by atoms with van der Waals surface area (Å²) in [5.41, 5.74) is 14.5. The summed E-state index contributed by atoms with van der Waals surface area (Å²) in [5, 5.41) is 17.5. The van der Waals surface area contributed by atoms with Gasteiger partial charge in [-0.25, -0.2) is 0 Å². The third-order valence-electron chi connectivity index (χ3n) is 14.6. The van der Waals surface area contributed by atoms with E-state index < -0.39 is 0 Å². The van der Waals surface area contributed by atoms with E-state index in [1.54, 1.807) is 0 Å². The molecule has 0 saturated carbocycles. The Labute approximate surface area is 370 Å². The molecule has 0 atom stereocenters. The lowest BCUT2D eigenvalue weighted by Gasteiger charge is -2.23. The second kappa shape index (κ2) is 13.0. The Morgan fingerprint density at radius 2 is 0.812 bits per heavy atom. The molecule has 0 saturated heterocycles. The van der Waals surface area contributed by atoms with Crippen molar-refractivity contribution in [3.63, 3.8) is 0 Å². The summed E-state index contributed by atoms with van der Waals surface area (Å²) in [6.45, 7) is 4.75. The largest absolute Gasteiger partial charge is 0.456 e. The molecule has 64 heavy (non-hydrogen) atoms. The van der Waals surface area contributed by atoms with E-state index in [0.717, 1.165) is 21.9 Å². The van der Waals surface area contributed by atoms with Crippen LogP contribution < -0.4 is 0 Å². The summed E-state index contributed by atoms with van der Waals surface area (Å²) in [6.07, 6.45) is 0. The van der Waals surface area contributed by atoms with Crippen molar-refractivity contribution in [3.8, 4) is 44.5 Å². The number of rotatable bonds is 3. The Bertz CT molecular complexity index is 4100. The maximum Gasteiger partial charge on any atom is 0.135 e. The fourth-order valence-electron chi connectivity index (χ4n) is 11.7. The molecule has 1 aromatic heterocycles. The molecule has 298 valence electrons. The molecule has 1 aliphatic carbocycles. The second-order valence-electron chi connectivity index (χ2n) is 18.3. The molecule has 0 aliphatic heterocycles. The van der Waals surface area contributed by atoms with E-state index in [1.807, 2.05) is 0 Å². The topological polar surface area (TPSA) is 13.1 Å². The van der Waals surface area contributed by atoms with Gasteiger partial charge in [-0.05, 0) is 157 Å². The Kier molecular flexibility index (Phi) is 7.24. The summed E-state index contributed by atoms with van der Waals surface area (Å²) < 4.78 is 6.58. The predicted molar refractivity (Wildman–Crippen MR) is 273 cm³/mol. The van der Waals surface area contributed by atoms with Crippen molar-refractivity contribution < 1.29 is 4.42 Å². The van der Waals surface area contributed by atoms with Crippen LogP contribution in [0.3, 0.4) is 0 Å². The van der Waals surface area contributed by atoms with Gasteiger partial charge in [-0.15, -0.1) is 0 Å². The quantitative estimate of drug-likeness (QED) is 0.128. The molecule has 0 radical (unpaired) electrons. The van der Waals surface area contributed by atoms with Crippen LogP contribution in [0.5, 0.6) is 0 Å². The molecule has 0 N–H and O–H groups in total. The highest BCUT2D eigenvalue weighted by Crippen LogP contribution is 2.53. The Balaban J connectivity index is 0.958. The third-order valence-corrected chi connectivity index (χ3v) is 14.6. The van der Waals surface area contributed by atoms with Crippen molar-refractivity contribution in [1.82, 2.24) is 0 Å². The Morgan fingerprint density at radius 3 is 1.52 bits per heavy atom. The van der Waals surface area contributed by atoms with Gasteiger partial charge < -0.3 is 4.42 Å². The average molecular weight is 813 g/mol. The normalized spacial score (nSPS) is 13.3. The first kappa shape index (κ1) is 35.6. The van der Waals surface area contributed by atoms with Gasteiger partial charge in [0.2, 0.25) is 0 Å².